The topological polar surface area (TPSA) is 59.4 Å². The molecule has 20 heavy (non-hydrogen) atoms. The molecule has 0 spiro atoms. The van der Waals surface area contributed by atoms with Gasteiger partial charge in [0.2, 0.25) is 0 Å². The third-order valence-electron chi connectivity index (χ3n) is 2.57. The lowest BCUT2D eigenvalue weighted by Crippen LogP contribution is -1.93. The van der Waals surface area contributed by atoms with Gasteiger partial charge in [0.05, 0.1) is 10.7 Å². The number of benzene rings is 1. The number of carboxylic acids is 1. The molecule has 0 bridgehead atoms. The number of aliphatic carboxylic acids is 1. The smallest absolute Gasteiger partial charge is 0.328 e. The highest BCUT2D eigenvalue weighted by Gasteiger charge is 2.09. The number of pyridine rings is 1. The number of aromatic nitrogens is 1. The maximum absolute atomic E-state index is 10.6. The number of halogens is 1. The predicted molar refractivity (Wildman–Crippen MR) is 77.2 cm³/mol. The van der Waals surface area contributed by atoms with Crippen LogP contribution in [0.3, 0.4) is 0 Å². The molecule has 0 saturated carbocycles. The first-order chi connectivity index (χ1) is 9.58. The molecule has 2 aromatic rings. The van der Waals surface area contributed by atoms with Crippen molar-refractivity contribution in [2.24, 2.45) is 0 Å². The van der Waals surface area contributed by atoms with E-state index in [1.165, 1.54) is 6.08 Å². The van der Waals surface area contributed by atoms with Gasteiger partial charge in [-0.05, 0) is 31.2 Å². The third-order valence-corrected chi connectivity index (χ3v) is 2.87. The Kier molecular flexibility index (Phi) is 4.38. The molecule has 0 aliphatic rings. The van der Waals surface area contributed by atoms with Crippen molar-refractivity contribution in [2.45, 2.75) is 6.92 Å². The summed E-state index contributed by atoms with van der Waals surface area (Å²) in [6, 6.07) is 8.67. The van der Waals surface area contributed by atoms with E-state index >= 15 is 0 Å². The van der Waals surface area contributed by atoms with Crippen molar-refractivity contribution < 1.29 is 14.6 Å². The molecule has 1 N–H and O–H groups in total. The molecule has 1 aromatic carbocycles. The van der Waals surface area contributed by atoms with E-state index in [0.29, 0.717) is 22.1 Å². The van der Waals surface area contributed by atoms with Crippen molar-refractivity contribution in [1.82, 2.24) is 4.98 Å². The summed E-state index contributed by atoms with van der Waals surface area (Å²) in [6.07, 6.45) is 4.14. The minimum Gasteiger partial charge on any atom is -0.478 e. The summed E-state index contributed by atoms with van der Waals surface area (Å²) in [6.45, 7) is 1.82. The predicted octanol–water partition coefficient (Wildman–Crippen LogP) is 3.93. The number of carboxylic acid groups (broad SMARTS) is 1. The molecule has 5 heteroatoms. The van der Waals surface area contributed by atoms with Gasteiger partial charge in [0.15, 0.2) is 5.75 Å². The minimum absolute atomic E-state index is 0.404. The fraction of sp³-hybridized carbons (Fsp3) is 0.0667. The average Bonchev–Trinajstić information content (AvgIpc) is 2.41. The molecule has 0 amide bonds. The number of nitrogens with zero attached hydrogens (tertiary/aromatic N) is 1. The molecular formula is C15H12ClNO3. The molecule has 0 aliphatic carbocycles. The number of rotatable bonds is 4. The van der Waals surface area contributed by atoms with Crippen molar-refractivity contribution >= 4 is 23.6 Å². The van der Waals surface area contributed by atoms with Gasteiger partial charge in [0.25, 0.3) is 0 Å². The van der Waals surface area contributed by atoms with Crippen LogP contribution in [0.5, 0.6) is 11.5 Å². The van der Waals surface area contributed by atoms with Crippen LogP contribution in [0.2, 0.25) is 5.02 Å². The van der Waals surface area contributed by atoms with Crippen LogP contribution in [0.1, 0.15) is 11.3 Å². The zero-order valence-electron chi connectivity index (χ0n) is 10.7. The van der Waals surface area contributed by atoms with E-state index in [1.54, 1.807) is 36.5 Å². The highest BCUT2D eigenvalue weighted by atomic mass is 35.5. The van der Waals surface area contributed by atoms with E-state index in [1.807, 2.05) is 6.92 Å². The number of hydrogen-bond acceptors (Lipinski definition) is 3. The standard InChI is InChI=1S/C15H12ClNO3/c1-10-13(6-3-9-17-10)20-15-11(7-8-14(18)19)4-2-5-12(15)16/h2-9H,1H3,(H,18,19)/b8-7+. The highest BCUT2D eigenvalue weighted by Crippen LogP contribution is 2.34. The van der Waals surface area contributed by atoms with Gasteiger partial charge in [-0.1, -0.05) is 23.7 Å². The Morgan fingerprint density at radius 2 is 2.15 bits per heavy atom. The Balaban J connectivity index is 2.40. The molecule has 0 radical (unpaired) electrons. The van der Waals surface area contributed by atoms with Crippen LogP contribution in [0.25, 0.3) is 6.08 Å². The molecule has 0 fully saturated rings. The van der Waals surface area contributed by atoms with Crippen LogP contribution in [0.4, 0.5) is 0 Å². The van der Waals surface area contributed by atoms with Crippen molar-refractivity contribution in [3.63, 3.8) is 0 Å². The average molecular weight is 290 g/mol. The van der Waals surface area contributed by atoms with Gasteiger partial charge in [0, 0.05) is 17.8 Å². The summed E-state index contributed by atoms with van der Waals surface area (Å²) in [7, 11) is 0. The maximum atomic E-state index is 10.6. The van der Waals surface area contributed by atoms with Gasteiger partial charge in [-0.2, -0.15) is 0 Å². The summed E-state index contributed by atoms with van der Waals surface area (Å²) in [5, 5.41) is 9.10. The first-order valence-electron chi connectivity index (χ1n) is 5.87. The van der Waals surface area contributed by atoms with Gasteiger partial charge in [-0.15, -0.1) is 0 Å². The van der Waals surface area contributed by atoms with Crippen LogP contribution in [0.15, 0.2) is 42.6 Å². The van der Waals surface area contributed by atoms with Crippen molar-refractivity contribution in [3.8, 4) is 11.5 Å². The number of para-hydroxylation sites is 1. The zero-order valence-corrected chi connectivity index (χ0v) is 11.5. The summed E-state index contributed by atoms with van der Waals surface area (Å²) >= 11 is 6.12. The largest absolute Gasteiger partial charge is 0.478 e. The van der Waals surface area contributed by atoms with Gasteiger partial charge in [-0.25, -0.2) is 4.79 Å². The molecule has 4 nitrogen and oxygen atoms in total. The van der Waals surface area contributed by atoms with Crippen LogP contribution in [-0.2, 0) is 4.79 Å². The van der Waals surface area contributed by atoms with Crippen LogP contribution in [-0.4, -0.2) is 16.1 Å². The van der Waals surface area contributed by atoms with E-state index < -0.39 is 5.97 Å². The second-order valence-corrected chi connectivity index (χ2v) is 4.43. The summed E-state index contributed by atoms with van der Waals surface area (Å²) in [4.78, 5) is 14.7. The molecule has 0 unspecified atom stereocenters. The molecule has 1 aromatic heterocycles. The van der Waals surface area contributed by atoms with Gasteiger partial charge in [-0.3, -0.25) is 4.98 Å². The number of carbonyl (C=O) groups is 1. The molecular weight excluding hydrogens is 278 g/mol. The molecule has 0 saturated heterocycles. The summed E-state index contributed by atoms with van der Waals surface area (Å²) in [5.41, 5.74) is 1.31. The second kappa shape index (κ2) is 6.21. The SMILES string of the molecule is Cc1ncccc1Oc1c(Cl)cccc1/C=C/C(=O)O. The quantitative estimate of drug-likeness (QED) is 0.866. The molecule has 0 aliphatic heterocycles. The first kappa shape index (κ1) is 14.1. The highest BCUT2D eigenvalue weighted by molar-refractivity contribution is 6.32. The Hall–Kier alpha value is -2.33. The monoisotopic (exact) mass is 289 g/mol. The van der Waals surface area contributed by atoms with Crippen molar-refractivity contribution in [1.29, 1.82) is 0 Å². The first-order valence-corrected chi connectivity index (χ1v) is 6.24. The fourth-order valence-electron chi connectivity index (χ4n) is 1.61. The Morgan fingerprint density at radius 3 is 2.85 bits per heavy atom. The van der Waals surface area contributed by atoms with Gasteiger partial charge >= 0.3 is 5.97 Å². The molecule has 2 rings (SSSR count). The Bertz CT molecular complexity index is 668. The number of hydrogen-bond donors (Lipinski definition) is 1. The lowest BCUT2D eigenvalue weighted by molar-refractivity contribution is -0.131. The Labute approximate surface area is 121 Å². The van der Waals surface area contributed by atoms with E-state index in [2.05, 4.69) is 4.98 Å². The van der Waals surface area contributed by atoms with E-state index in [0.717, 1.165) is 11.8 Å². The lowest BCUT2D eigenvalue weighted by Gasteiger charge is -2.11. The van der Waals surface area contributed by atoms with E-state index in [4.69, 9.17) is 21.4 Å². The molecule has 102 valence electrons. The Morgan fingerprint density at radius 1 is 1.35 bits per heavy atom. The van der Waals surface area contributed by atoms with E-state index in [9.17, 15) is 4.79 Å². The van der Waals surface area contributed by atoms with Crippen molar-refractivity contribution in [3.05, 3.63) is 58.9 Å². The number of ether oxygens (including phenoxy) is 1. The van der Waals surface area contributed by atoms with Crippen LogP contribution >= 0.6 is 11.6 Å². The van der Waals surface area contributed by atoms with Crippen LogP contribution in [0, 0.1) is 6.92 Å². The number of aryl methyl sites for hydroxylation is 1. The molecule has 1 heterocycles. The minimum atomic E-state index is -1.03. The van der Waals surface area contributed by atoms with Crippen molar-refractivity contribution in [2.75, 3.05) is 0 Å². The molecule has 0 atom stereocenters. The van der Waals surface area contributed by atoms with Crippen LogP contribution < -0.4 is 4.74 Å². The van der Waals surface area contributed by atoms with E-state index in [-0.39, 0.29) is 0 Å². The lowest BCUT2D eigenvalue weighted by atomic mass is 10.2. The van der Waals surface area contributed by atoms with Gasteiger partial charge in [0.1, 0.15) is 5.75 Å². The maximum Gasteiger partial charge on any atom is 0.328 e. The summed E-state index contributed by atoms with van der Waals surface area (Å²) in [5.74, 6) is -0.0539. The third kappa shape index (κ3) is 3.36. The summed E-state index contributed by atoms with van der Waals surface area (Å²) < 4.78 is 5.76. The zero-order chi connectivity index (χ0) is 14.5. The normalized spacial score (nSPS) is 10.7. The van der Waals surface area contributed by atoms with Gasteiger partial charge < -0.3 is 9.84 Å². The second-order valence-electron chi connectivity index (χ2n) is 4.02. The fourth-order valence-corrected chi connectivity index (χ4v) is 1.83.